The van der Waals surface area contributed by atoms with Crippen LogP contribution in [-0.4, -0.2) is 49.1 Å². The minimum atomic E-state index is -0.359. The molecule has 0 saturated carbocycles. The maximum Gasteiger partial charge on any atom is 0.338 e. The lowest BCUT2D eigenvalue weighted by Gasteiger charge is -2.43. The number of ether oxygens (including phenoxy) is 1. The second-order valence-corrected chi connectivity index (χ2v) is 8.10. The molecule has 0 bridgehead atoms. The van der Waals surface area contributed by atoms with Crippen LogP contribution in [0, 0.1) is 5.92 Å². The molecule has 1 aromatic carbocycles. The molecule has 5 heteroatoms. The highest BCUT2D eigenvalue weighted by Gasteiger charge is 2.31. The zero-order valence-corrected chi connectivity index (χ0v) is 17.2. The van der Waals surface area contributed by atoms with E-state index in [-0.39, 0.29) is 17.4 Å². The molecule has 1 aliphatic heterocycles. The average molecular weight is 375 g/mol. The lowest BCUT2D eigenvalue weighted by molar-refractivity contribution is -0.121. The first-order valence-electron chi connectivity index (χ1n) is 10.1. The molecule has 0 aromatic heterocycles. The Bertz CT molecular complexity index is 642. The van der Waals surface area contributed by atoms with E-state index in [9.17, 15) is 9.59 Å². The standard InChI is InChI=1S/C22H34N2O3/c1-5-17-9-8-14-24(15-17)22(2,3)16-23-20(25)13-12-18-10-6-7-11-19(18)21(26)27-4/h6-7,10-11,17H,5,8-9,12-16H2,1-4H3,(H,23,25). The SMILES string of the molecule is CCC1CCCN(C(C)(C)CNC(=O)CCc2ccccc2C(=O)OC)C1. The van der Waals surface area contributed by atoms with Gasteiger partial charge in [-0.15, -0.1) is 0 Å². The van der Waals surface area contributed by atoms with E-state index in [1.807, 2.05) is 12.1 Å². The molecule has 0 radical (unpaired) electrons. The number of piperidine rings is 1. The van der Waals surface area contributed by atoms with Crippen LogP contribution in [0.15, 0.2) is 24.3 Å². The molecule has 2 rings (SSSR count). The predicted octanol–water partition coefficient (Wildman–Crippen LogP) is 3.42. The van der Waals surface area contributed by atoms with Gasteiger partial charge in [-0.2, -0.15) is 0 Å². The molecule has 0 spiro atoms. The Morgan fingerprint density at radius 2 is 2.04 bits per heavy atom. The van der Waals surface area contributed by atoms with E-state index in [1.54, 1.807) is 12.1 Å². The molecule has 0 aliphatic carbocycles. The van der Waals surface area contributed by atoms with Crippen LogP contribution in [0.3, 0.4) is 0 Å². The molecule has 1 heterocycles. The third kappa shape index (κ3) is 6.06. The van der Waals surface area contributed by atoms with Gasteiger partial charge >= 0.3 is 5.97 Å². The number of methoxy groups -OCH3 is 1. The molecule has 150 valence electrons. The van der Waals surface area contributed by atoms with Crippen molar-refractivity contribution in [3.63, 3.8) is 0 Å². The normalized spacial score (nSPS) is 18.1. The van der Waals surface area contributed by atoms with Crippen molar-refractivity contribution in [2.24, 2.45) is 5.92 Å². The first-order valence-corrected chi connectivity index (χ1v) is 10.1. The van der Waals surface area contributed by atoms with Crippen molar-refractivity contribution in [1.82, 2.24) is 10.2 Å². The lowest BCUT2D eigenvalue weighted by atomic mass is 9.91. The Kier molecular flexibility index (Phi) is 7.84. The Morgan fingerprint density at radius 3 is 2.74 bits per heavy atom. The van der Waals surface area contributed by atoms with Gasteiger partial charge in [0, 0.05) is 25.0 Å². The second-order valence-electron chi connectivity index (χ2n) is 8.10. The first kappa shape index (κ1) is 21.4. The molecule has 1 aliphatic rings. The van der Waals surface area contributed by atoms with Crippen LogP contribution in [0.1, 0.15) is 62.4 Å². The maximum atomic E-state index is 12.4. The van der Waals surface area contributed by atoms with Gasteiger partial charge in [0.1, 0.15) is 0 Å². The van der Waals surface area contributed by atoms with Crippen LogP contribution in [0.2, 0.25) is 0 Å². The Morgan fingerprint density at radius 1 is 1.30 bits per heavy atom. The van der Waals surface area contributed by atoms with E-state index in [0.717, 1.165) is 24.6 Å². The van der Waals surface area contributed by atoms with E-state index in [2.05, 4.69) is 31.0 Å². The molecular weight excluding hydrogens is 340 g/mol. The fourth-order valence-electron chi connectivity index (χ4n) is 3.76. The van der Waals surface area contributed by atoms with E-state index in [0.29, 0.717) is 24.9 Å². The molecule has 1 N–H and O–H groups in total. The number of aryl methyl sites for hydroxylation is 1. The summed E-state index contributed by atoms with van der Waals surface area (Å²) in [4.78, 5) is 26.7. The molecule has 1 atom stereocenters. The van der Waals surface area contributed by atoms with Gasteiger partial charge in [-0.3, -0.25) is 9.69 Å². The minimum Gasteiger partial charge on any atom is -0.465 e. The predicted molar refractivity (Wildman–Crippen MR) is 108 cm³/mol. The summed E-state index contributed by atoms with van der Waals surface area (Å²) >= 11 is 0. The van der Waals surface area contributed by atoms with Gasteiger partial charge in [0.15, 0.2) is 0 Å². The van der Waals surface area contributed by atoms with Crippen LogP contribution < -0.4 is 5.32 Å². The summed E-state index contributed by atoms with van der Waals surface area (Å²) in [5.74, 6) is 0.429. The van der Waals surface area contributed by atoms with Crippen molar-refractivity contribution in [3.8, 4) is 0 Å². The zero-order valence-electron chi connectivity index (χ0n) is 17.2. The molecule has 1 aromatic rings. The van der Waals surface area contributed by atoms with Gasteiger partial charge in [-0.05, 0) is 57.2 Å². The molecular formula is C22H34N2O3. The fraction of sp³-hybridized carbons (Fsp3) is 0.636. The van der Waals surface area contributed by atoms with E-state index < -0.39 is 0 Å². The minimum absolute atomic E-state index is 0.0202. The number of amides is 1. The number of likely N-dealkylation sites (tertiary alicyclic amines) is 1. The lowest BCUT2D eigenvalue weighted by Crippen LogP contribution is -2.54. The third-order valence-electron chi connectivity index (χ3n) is 5.71. The summed E-state index contributed by atoms with van der Waals surface area (Å²) in [6, 6.07) is 7.30. The highest BCUT2D eigenvalue weighted by Crippen LogP contribution is 2.25. The summed E-state index contributed by atoms with van der Waals surface area (Å²) in [7, 11) is 1.37. The summed E-state index contributed by atoms with van der Waals surface area (Å²) < 4.78 is 4.82. The smallest absolute Gasteiger partial charge is 0.338 e. The molecule has 1 amide bonds. The number of carbonyl (C=O) groups is 2. The van der Waals surface area contributed by atoms with Gasteiger partial charge in [0.25, 0.3) is 0 Å². The highest BCUT2D eigenvalue weighted by molar-refractivity contribution is 5.91. The van der Waals surface area contributed by atoms with Crippen LogP contribution in [0.25, 0.3) is 0 Å². The van der Waals surface area contributed by atoms with Gasteiger partial charge in [0.05, 0.1) is 12.7 Å². The van der Waals surface area contributed by atoms with Gasteiger partial charge in [-0.1, -0.05) is 31.5 Å². The fourth-order valence-corrected chi connectivity index (χ4v) is 3.76. The molecule has 27 heavy (non-hydrogen) atoms. The quantitative estimate of drug-likeness (QED) is 0.709. The van der Waals surface area contributed by atoms with Crippen LogP contribution in [-0.2, 0) is 16.0 Å². The van der Waals surface area contributed by atoms with Crippen LogP contribution in [0.5, 0.6) is 0 Å². The van der Waals surface area contributed by atoms with Crippen molar-refractivity contribution in [1.29, 1.82) is 0 Å². The number of hydrogen-bond acceptors (Lipinski definition) is 4. The van der Waals surface area contributed by atoms with Gasteiger partial charge < -0.3 is 10.1 Å². The summed E-state index contributed by atoms with van der Waals surface area (Å²) in [5.41, 5.74) is 1.33. The van der Waals surface area contributed by atoms with Crippen molar-refractivity contribution in [2.75, 3.05) is 26.7 Å². The Hall–Kier alpha value is -1.88. The number of carbonyl (C=O) groups excluding carboxylic acids is 2. The Labute approximate surface area is 163 Å². The number of nitrogens with one attached hydrogen (secondary N) is 1. The number of nitrogens with zero attached hydrogens (tertiary/aromatic N) is 1. The number of rotatable bonds is 8. The number of hydrogen-bond donors (Lipinski definition) is 1. The largest absolute Gasteiger partial charge is 0.465 e. The maximum absolute atomic E-state index is 12.4. The molecule has 5 nitrogen and oxygen atoms in total. The van der Waals surface area contributed by atoms with E-state index in [4.69, 9.17) is 4.74 Å². The van der Waals surface area contributed by atoms with Crippen molar-refractivity contribution >= 4 is 11.9 Å². The van der Waals surface area contributed by atoms with Crippen molar-refractivity contribution < 1.29 is 14.3 Å². The summed E-state index contributed by atoms with van der Waals surface area (Å²) in [6.45, 7) is 9.53. The topological polar surface area (TPSA) is 58.6 Å². The summed E-state index contributed by atoms with van der Waals surface area (Å²) in [5, 5.41) is 3.09. The van der Waals surface area contributed by atoms with Gasteiger partial charge in [0.2, 0.25) is 5.91 Å². The average Bonchev–Trinajstić information content (AvgIpc) is 2.70. The molecule has 1 fully saturated rings. The van der Waals surface area contributed by atoms with E-state index >= 15 is 0 Å². The zero-order chi connectivity index (χ0) is 19.9. The second kappa shape index (κ2) is 9.88. The van der Waals surface area contributed by atoms with Crippen LogP contribution >= 0.6 is 0 Å². The van der Waals surface area contributed by atoms with Crippen LogP contribution in [0.4, 0.5) is 0 Å². The Balaban J connectivity index is 1.85. The van der Waals surface area contributed by atoms with Gasteiger partial charge in [-0.25, -0.2) is 4.79 Å². The van der Waals surface area contributed by atoms with Crippen molar-refractivity contribution in [3.05, 3.63) is 35.4 Å². The first-order chi connectivity index (χ1) is 12.9. The number of esters is 1. The molecule has 1 saturated heterocycles. The third-order valence-corrected chi connectivity index (χ3v) is 5.71. The summed E-state index contributed by atoms with van der Waals surface area (Å²) in [6.07, 6.45) is 4.66. The number of benzene rings is 1. The van der Waals surface area contributed by atoms with E-state index in [1.165, 1.54) is 26.4 Å². The molecule has 1 unspecified atom stereocenters. The van der Waals surface area contributed by atoms with Crippen molar-refractivity contribution in [2.45, 2.75) is 58.4 Å². The highest BCUT2D eigenvalue weighted by atomic mass is 16.5. The monoisotopic (exact) mass is 374 g/mol.